The zero-order valence-corrected chi connectivity index (χ0v) is 9.49. The fourth-order valence-electron chi connectivity index (χ4n) is 3.73. The van der Waals surface area contributed by atoms with Gasteiger partial charge in [-0.2, -0.15) is 0 Å². The van der Waals surface area contributed by atoms with E-state index in [1.807, 2.05) is 0 Å². The van der Waals surface area contributed by atoms with Gasteiger partial charge < -0.3 is 4.74 Å². The van der Waals surface area contributed by atoms with Crippen molar-refractivity contribution < 1.29 is 9.13 Å². The lowest BCUT2D eigenvalue weighted by atomic mass is 9.68. The first-order valence-electron chi connectivity index (χ1n) is 6.53. The first-order chi connectivity index (χ1) is 7.24. The van der Waals surface area contributed by atoms with E-state index in [0.29, 0.717) is 0 Å². The van der Waals surface area contributed by atoms with Crippen LogP contribution < -0.4 is 0 Å². The van der Waals surface area contributed by atoms with E-state index in [0.717, 1.165) is 30.6 Å². The van der Waals surface area contributed by atoms with Gasteiger partial charge in [0.2, 0.25) is 0 Å². The van der Waals surface area contributed by atoms with E-state index in [4.69, 9.17) is 4.74 Å². The minimum atomic E-state index is -0.635. The van der Waals surface area contributed by atoms with Crippen LogP contribution in [0.2, 0.25) is 0 Å². The summed E-state index contributed by atoms with van der Waals surface area (Å²) < 4.78 is 18.8. The average Bonchev–Trinajstić information content (AvgIpc) is 2.29. The van der Waals surface area contributed by atoms with Crippen molar-refractivity contribution in [3.8, 4) is 0 Å². The minimum Gasteiger partial charge on any atom is -0.369 e. The molecule has 2 bridgehead atoms. The van der Waals surface area contributed by atoms with Crippen LogP contribution in [0, 0.1) is 17.8 Å². The monoisotopic (exact) mass is 212 g/mol. The Morgan fingerprint density at radius 2 is 1.53 bits per heavy atom. The molecule has 0 aromatic rings. The molecule has 2 atom stereocenters. The fourth-order valence-corrected chi connectivity index (χ4v) is 3.73. The molecule has 0 radical (unpaired) electrons. The highest BCUT2D eigenvalue weighted by Gasteiger charge is 2.50. The number of alkyl halides is 1. The minimum absolute atomic E-state index is 0.0342. The Labute approximate surface area is 91.4 Å². The molecule has 2 saturated heterocycles. The summed E-state index contributed by atoms with van der Waals surface area (Å²) in [5.74, 6) is 2.57. The number of rotatable bonds is 1. The Hall–Kier alpha value is -0.110. The summed E-state index contributed by atoms with van der Waals surface area (Å²) in [6.07, 6.45) is 6.81. The molecule has 0 N–H and O–H groups in total. The Morgan fingerprint density at radius 3 is 2.07 bits per heavy atom. The molecule has 0 aromatic carbocycles. The van der Waals surface area contributed by atoms with Gasteiger partial charge in [0.05, 0.1) is 12.2 Å². The molecule has 86 valence electrons. The summed E-state index contributed by atoms with van der Waals surface area (Å²) in [5, 5.41) is 0. The molecular formula is C13H21FO. The summed E-state index contributed by atoms with van der Waals surface area (Å²) in [6, 6.07) is 0. The maximum absolute atomic E-state index is 13.3. The molecule has 2 saturated carbocycles. The van der Waals surface area contributed by atoms with Crippen molar-refractivity contribution in [2.75, 3.05) is 0 Å². The SMILES string of the molecule is CC1CCC(C2CC3OC(C2)C3F)CC1. The molecule has 0 amide bonds. The molecule has 1 nitrogen and oxygen atoms in total. The molecule has 2 unspecified atom stereocenters. The largest absolute Gasteiger partial charge is 0.369 e. The maximum atomic E-state index is 13.3. The van der Waals surface area contributed by atoms with Gasteiger partial charge in [-0.3, -0.25) is 0 Å². The zero-order valence-electron chi connectivity index (χ0n) is 9.49. The topological polar surface area (TPSA) is 9.23 Å². The van der Waals surface area contributed by atoms with Crippen LogP contribution in [0.1, 0.15) is 45.4 Å². The lowest BCUT2D eigenvalue weighted by Crippen LogP contribution is -2.57. The van der Waals surface area contributed by atoms with Gasteiger partial charge >= 0.3 is 0 Å². The van der Waals surface area contributed by atoms with E-state index in [9.17, 15) is 4.39 Å². The average molecular weight is 212 g/mol. The summed E-state index contributed by atoms with van der Waals surface area (Å²) in [7, 11) is 0. The molecule has 4 aliphatic rings. The number of ether oxygens (including phenoxy) is 1. The molecule has 0 aromatic heterocycles. The van der Waals surface area contributed by atoms with Crippen LogP contribution in [0.25, 0.3) is 0 Å². The van der Waals surface area contributed by atoms with Crippen molar-refractivity contribution in [2.24, 2.45) is 17.8 Å². The predicted octanol–water partition coefficient (Wildman–Crippen LogP) is 3.33. The Bertz CT molecular complexity index is 223. The van der Waals surface area contributed by atoms with Gasteiger partial charge in [-0.15, -0.1) is 0 Å². The summed E-state index contributed by atoms with van der Waals surface area (Å²) in [5.41, 5.74) is 0. The molecule has 4 rings (SSSR count). The molecule has 2 aliphatic heterocycles. The van der Waals surface area contributed by atoms with Crippen LogP contribution in [0.3, 0.4) is 0 Å². The van der Waals surface area contributed by atoms with Gasteiger partial charge in [0.1, 0.15) is 0 Å². The molecule has 2 heterocycles. The van der Waals surface area contributed by atoms with E-state index in [2.05, 4.69) is 6.92 Å². The van der Waals surface area contributed by atoms with Crippen molar-refractivity contribution in [1.82, 2.24) is 0 Å². The van der Waals surface area contributed by atoms with E-state index in [1.54, 1.807) is 0 Å². The van der Waals surface area contributed by atoms with E-state index in [1.165, 1.54) is 25.7 Å². The number of halogens is 1. The van der Waals surface area contributed by atoms with Crippen LogP contribution in [0.15, 0.2) is 0 Å². The lowest BCUT2D eigenvalue weighted by molar-refractivity contribution is -0.237. The van der Waals surface area contributed by atoms with Crippen LogP contribution in [0.5, 0.6) is 0 Å². The highest BCUT2D eigenvalue weighted by molar-refractivity contribution is 4.98. The molecule has 0 spiro atoms. The maximum Gasteiger partial charge on any atom is 0.152 e. The zero-order chi connectivity index (χ0) is 10.4. The second kappa shape index (κ2) is 3.73. The van der Waals surface area contributed by atoms with Crippen LogP contribution in [-0.2, 0) is 4.74 Å². The lowest BCUT2D eigenvalue weighted by Gasteiger charge is -2.50. The number of fused-ring (bicyclic) bond motifs is 2. The predicted molar refractivity (Wildman–Crippen MR) is 57.4 cm³/mol. The van der Waals surface area contributed by atoms with Crippen LogP contribution >= 0.6 is 0 Å². The van der Waals surface area contributed by atoms with E-state index in [-0.39, 0.29) is 12.2 Å². The fraction of sp³-hybridized carbons (Fsp3) is 1.00. The standard InChI is InChI=1S/C13H21FO/c1-8-2-4-9(5-3-8)10-6-11-13(14)12(7-10)15-11/h8-13H,2-7H2,1H3. The molecule has 2 aliphatic carbocycles. The second-order valence-corrected chi connectivity index (χ2v) is 5.91. The Kier molecular flexibility index (Phi) is 2.50. The summed E-state index contributed by atoms with van der Waals surface area (Å²) >= 11 is 0. The second-order valence-electron chi connectivity index (χ2n) is 5.91. The summed E-state index contributed by atoms with van der Waals surface area (Å²) in [6.45, 7) is 2.36. The molecular weight excluding hydrogens is 191 g/mol. The van der Waals surface area contributed by atoms with Crippen molar-refractivity contribution in [2.45, 2.75) is 63.8 Å². The number of hydrogen-bond acceptors (Lipinski definition) is 1. The molecule has 15 heavy (non-hydrogen) atoms. The van der Waals surface area contributed by atoms with Gasteiger partial charge in [0.15, 0.2) is 6.17 Å². The van der Waals surface area contributed by atoms with Gasteiger partial charge in [-0.1, -0.05) is 19.8 Å². The van der Waals surface area contributed by atoms with E-state index >= 15 is 0 Å². The smallest absolute Gasteiger partial charge is 0.152 e. The number of hydrogen-bond donors (Lipinski definition) is 0. The summed E-state index contributed by atoms with van der Waals surface area (Å²) in [4.78, 5) is 0. The van der Waals surface area contributed by atoms with Crippen molar-refractivity contribution in [3.63, 3.8) is 0 Å². The van der Waals surface area contributed by atoms with Crippen molar-refractivity contribution >= 4 is 0 Å². The van der Waals surface area contributed by atoms with Gasteiger partial charge in [-0.25, -0.2) is 4.39 Å². The van der Waals surface area contributed by atoms with Crippen molar-refractivity contribution in [1.29, 1.82) is 0 Å². The quantitative estimate of drug-likeness (QED) is 0.648. The van der Waals surface area contributed by atoms with Crippen LogP contribution in [0.4, 0.5) is 4.39 Å². The first kappa shape index (κ1) is 10.1. The van der Waals surface area contributed by atoms with Gasteiger partial charge in [0, 0.05) is 0 Å². The first-order valence-corrected chi connectivity index (χ1v) is 6.53. The van der Waals surface area contributed by atoms with E-state index < -0.39 is 6.17 Å². The van der Waals surface area contributed by atoms with Crippen LogP contribution in [-0.4, -0.2) is 18.4 Å². The highest BCUT2D eigenvalue weighted by Crippen LogP contribution is 2.46. The Morgan fingerprint density at radius 1 is 0.933 bits per heavy atom. The van der Waals surface area contributed by atoms with Crippen molar-refractivity contribution in [3.05, 3.63) is 0 Å². The normalized spacial score (nSPS) is 54.8. The van der Waals surface area contributed by atoms with Gasteiger partial charge in [0.25, 0.3) is 0 Å². The molecule has 2 heteroatoms. The Balaban J connectivity index is 1.56. The third-order valence-electron chi connectivity index (χ3n) is 4.86. The third kappa shape index (κ3) is 1.71. The highest BCUT2D eigenvalue weighted by atomic mass is 19.1. The third-order valence-corrected chi connectivity index (χ3v) is 4.86. The molecule has 4 fully saturated rings. The van der Waals surface area contributed by atoms with Gasteiger partial charge in [-0.05, 0) is 43.4 Å².